The van der Waals surface area contributed by atoms with E-state index in [0.29, 0.717) is 0 Å². The van der Waals surface area contributed by atoms with Gasteiger partial charge in [0.2, 0.25) is 0 Å². The van der Waals surface area contributed by atoms with Crippen molar-refractivity contribution < 1.29 is 4.58 Å². The Morgan fingerprint density at radius 2 is 1.93 bits per heavy atom. The summed E-state index contributed by atoms with van der Waals surface area (Å²) in [5.74, 6) is 0. The van der Waals surface area contributed by atoms with Crippen LogP contribution in [0.25, 0.3) is 4.83 Å². The van der Waals surface area contributed by atoms with Gasteiger partial charge in [-0.1, -0.05) is 0 Å². The molecule has 0 amide bonds. The fraction of sp³-hybridized carbons (Fsp3) is 0.417. The van der Waals surface area contributed by atoms with Crippen LogP contribution >= 0.6 is 11.3 Å². The molecule has 3 heteroatoms. The fourth-order valence-electron chi connectivity index (χ4n) is 1.83. The first-order valence-corrected chi connectivity index (χ1v) is 5.91. The lowest BCUT2D eigenvalue weighted by atomic mass is 10.3. The molecule has 0 radical (unpaired) electrons. The van der Waals surface area contributed by atoms with Crippen molar-refractivity contribution in [2.45, 2.75) is 20.8 Å². The maximum atomic E-state index is 2.34. The molecule has 0 unspecified atom stereocenters. The van der Waals surface area contributed by atoms with E-state index in [-0.39, 0.29) is 0 Å². The van der Waals surface area contributed by atoms with Crippen LogP contribution in [0.3, 0.4) is 0 Å². The lowest BCUT2D eigenvalue weighted by Gasteiger charge is -1.97. The van der Waals surface area contributed by atoms with Crippen molar-refractivity contribution in [1.82, 2.24) is 4.40 Å². The minimum Gasteiger partial charge on any atom is -0.299 e. The number of fused-ring (bicyclic) bond motifs is 1. The summed E-state index contributed by atoms with van der Waals surface area (Å²) in [6.45, 7) is 6.54. The highest BCUT2D eigenvalue weighted by Crippen LogP contribution is 2.26. The molecule has 2 rings (SSSR count). The van der Waals surface area contributed by atoms with Crippen molar-refractivity contribution in [2.75, 3.05) is 14.1 Å². The molecule has 2 heterocycles. The molecular formula is C12H17N2S+. The summed E-state index contributed by atoms with van der Waals surface area (Å²) in [5, 5.41) is 0. The van der Waals surface area contributed by atoms with E-state index >= 15 is 0 Å². The topological polar surface area (TPSA) is 7.42 Å². The molecule has 0 aliphatic rings. The number of aryl methyl sites for hydroxylation is 3. The van der Waals surface area contributed by atoms with Gasteiger partial charge in [-0.3, -0.25) is 4.40 Å². The van der Waals surface area contributed by atoms with E-state index in [1.165, 1.54) is 26.7 Å². The van der Waals surface area contributed by atoms with Crippen LogP contribution in [0.15, 0.2) is 6.07 Å². The first kappa shape index (κ1) is 10.4. The van der Waals surface area contributed by atoms with E-state index in [0.717, 1.165) is 0 Å². The van der Waals surface area contributed by atoms with Crippen molar-refractivity contribution in [3.8, 4) is 0 Å². The quantitative estimate of drug-likeness (QED) is 0.516. The number of aromatic nitrogens is 1. The van der Waals surface area contributed by atoms with Gasteiger partial charge in [0.05, 0.1) is 0 Å². The number of hydrogen-bond acceptors (Lipinski definition) is 1. The smallest absolute Gasteiger partial charge is 0.187 e. The van der Waals surface area contributed by atoms with Crippen molar-refractivity contribution >= 4 is 22.4 Å². The van der Waals surface area contributed by atoms with Gasteiger partial charge in [-0.25, -0.2) is 4.58 Å². The summed E-state index contributed by atoms with van der Waals surface area (Å²) in [5.41, 5.74) is 4.01. The Balaban J connectivity index is 2.81. The average Bonchev–Trinajstić information content (AvgIpc) is 2.54. The van der Waals surface area contributed by atoms with Crippen LogP contribution in [0.2, 0.25) is 0 Å². The second kappa shape index (κ2) is 3.49. The zero-order valence-electron chi connectivity index (χ0n) is 9.96. The zero-order valence-corrected chi connectivity index (χ0v) is 10.8. The SMILES string of the molecule is Cc1cc2sc(C)c(C)n2c1C=[N+](C)C. The van der Waals surface area contributed by atoms with E-state index in [2.05, 4.69) is 56.1 Å². The van der Waals surface area contributed by atoms with Gasteiger partial charge >= 0.3 is 0 Å². The molecule has 15 heavy (non-hydrogen) atoms. The predicted octanol–water partition coefficient (Wildman–Crippen LogP) is 2.62. The Bertz CT molecular complexity index is 539. The number of rotatable bonds is 1. The van der Waals surface area contributed by atoms with Crippen LogP contribution in [0, 0.1) is 20.8 Å². The molecule has 0 aliphatic carbocycles. The monoisotopic (exact) mass is 221 g/mol. The molecule has 80 valence electrons. The first-order valence-electron chi connectivity index (χ1n) is 5.10. The molecular weight excluding hydrogens is 204 g/mol. The third-order valence-corrected chi connectivity index (χ3v) is 3.80. The van der Waals surface area contributed by atoms with Crippen molar-refractivity contribution in [3.05, 3.63) is 27.9 Å². The molecule has 0 N–H and O–H groups in total. The molecule has 0 atom stereocenters. The molecule has 2 aromatic heterocycles. The summed E-state index contributed by atoms with van der Waals surface area (Å²) in [7, 11) is 4.13. The largest absolute Gasteiger partial charge is 0.299 e. The highest BCUT2D eigenvalue weighted by atomic mass is 32.1. The first-order chi connectivity index (χ1) is 7.00. The van der Waals surface area contributed by atoms with E-state index in [1.807, 2.05) is 11.3 Å². The van der Waals surface area contributed by atoms with Crippen LogP contribution in [-0.4, -0.2) is 29.3 Å². The maximum absolute atomic E-state index is 2.34. The Morgan fingerprint density at radius 3 is 2.53 bits per heavy atom. The summed E-state index contributed by atoms with van der Waals surface area (Å²) in [6, 6.07) is 2.26. The van der Waals surface area contributed by atoms with Gasteiger partial charge in [0, 0.05) is 10.6 Å². The highest BCUT2D eigenvalue weighted by Gasteiger charge is 2.13. The van der Waals surface area contributed by atoms with Crippen LogP contribution in [-0.2, 0) is 0 Å². The van der Waals surface area contributed by atoms with Crippen LogP contribution < -0.4 is 0 Å². The van der Waals surface area contributed by atoms with E-state index in [1.54, 1.807) is 0 Å². The molecule has 0 saturated heterocycles. The second-order valence-electron chi connectivity index (χ2n) is 4.22. The van der Waals surface area contributed by atoms with Crippen LogP contribution in [0.1, 0.15) is 21.8 Å². The lowest BCUT2D eigenvalue weighted by molar-refractivity contribution is -0.459. The minimum absolute atomic E-state index is 1.30. The van der Waals surface area contributed by atoms with Gasteiger partial charge in [0.1, 0.15) is 24.6 Å². The normalized spacial score (nSPS) is 11.0. The van der Waals surface area contributed by atoms with E-state index in [4.69, 9.17) is 0 Å². The summed E-state index contributed by atoms with van der Waals surface area (Å²) in [6.07, 6.45) is 2.18. The number of thiazole rings is 1. The molecule has 0 bridgehead atoms. The van der Waals surface area contributed by atoms with E-state index < -0.39 is 0 Å². The second-order valence-corrected chi connectivity index (χ2v) is 5.46. The summed E-state index contributed by atoms with van der Waals surface area (Å²) >= 11 is 1.87. The standard InChI is InChI=1S/C12H17N2S/c1-8-6-12-14(9(2)10(3)15-12)11(8)7-13(4)5/h6-7H,1-5H3/q+1. The van der Waals surface area contributed by atoms with Gasteiger partial charge < -0.3 is 0 Å². The molecule has 0 aromatic carbocycles. The van der Waals surface area contributed by atoms with Crippen LogP contribution in [0.4, 0.5) is 0 Å². The molecule has 0 saturated carbocycles. The van der Waals surface area contributed by atoms with Crippen molar-refractivity contribution in [2.24, 2.45) is 0 Å². The zero-order chi connectivity index (χ0) is 11.2. The Morgan fingerprint density at radius 1 is 1.27 bits per heavy atom. The van der Waals surface area contributed by atoms with Crippen molar-refractivity contribution in [1.29, 1.82) is 0 Å². The van der Waals surface area contributed by atoms with Gasteiger partial charge in [-0.15, -0.1) is 11.3 Å². The van der Waals surface area contributed by atoms with Gasteiger partial charge in [0.25, 0.3) is 0 Å². The molecule has 0 spiro atoms. The maximum Gasteiger partial charge on any atom is 0.187 e. The Hall–Kier alpha value is -1.09. The Kier molecular flexibility index (Phi) is 2.43. The summed E-state index contributed by atoms with van der Waals surface area (Å²) in [4.78, 5) is 2.74. The van der Waals surface area contributed by atoms with E-state index in [9.17, 15) is 0 Å². The molecule has 2 aromatic rings. The van der Waals surface area contributed by atoms with Gasteiger partial charge in [-0.2, -0.15) is 0 Å². The molecule has 0 fully saturated rings. The number of nitrogens with zero attached hydrogens (tertiary/aromatic N) is 2. The average molecular weight is 221 g/mol. The lowest BCUT2D eigenvalue weighted by Crippen LogP contribution is -2.04. The third kappa shape index (κ3) is 1.61. The highest BCUT2D eigenvalue weighted by molar-refractivity contribution is 7.17. The molecule has 0 aliphatic heterocycles. The minimum atomic E-state index is 1.30. The molecule has 2 nitrogen and oxygen atoms in total. The predicted molar refractivity (Wildman–Crippen MR) is 66.8 cm³/mol. The van der Waals surface area contributed by atoms with Gasteiger partial charge in [0.15, 0.2) is 6.21 Å². The number of hydrogen-bond donors (Lipinski definition) is 0. The van der Waals surface area contributed by atoms with Crippen molar-refractivity contribution in [3.63, 3.8) is 0 Å². The summed E-state index contributed by atoms with van der Waals surface area (Å²) < 4.78 is 4.44. The van der Waals surface area contributed by atoms with Gasteiger partial charge in [-0.05, 0) is 32.4 Å². The Labute approximate surface area is 94.5 Å². The fourth-order valence-corrected chi connectivity index (χ4v) is 2.95. The third-order valence-electron chi connectivity index (χ3n) is 2.69. The van der Waals surface area contributed by atoms with Crippen LogP contribution in [0.5, 0.6) is 0 Å².